The van der Waals surface area contributed by atoms with Crippen LogP contribution in [0, 0.1) is 0 Å². The molecule has 31 heteroatoms. The van der Waals surface area contributed by atoms with Gasteiger partial charge in [0, 0.05) is 29.8 Å². The number of esters is 1. The third kappa shape index (κ3) is 12.4. The number of phosphoric ester groups is 1. The van der Waals surface area contributed by atoms with Gasteiger partial charge < -0.3 is 51.5 Å². The van der Waals surface area contributed by atoms with Gasteiger partial charge in [-0.25, -0.2) is 29.1 Å². The van der Waals surface area contributed by atoms with E-state index in [1.807, 2.05) is 0 Å². The van der Waals surface area contributed by atoms with Crippen molar-refractivity contribution in [1.29, 1.82) is 0 Å². The number of imidazole rings is 1. The van der Waals surface area contributed by atoms with Crippen molar-refractivity contribution in [1.82, 2.24) is 34.4 Å². The van der Waals surface area contributed by atoms with E-state index >= 15 is 0 Å². The molecule has 3 aromatic heterocycles. The maximum absolute atomic E-state index is 13.4. The highest BCUT2D eigenvalue weighted by Crippen LogP contribution is 2.51. The van der Waals surface area contributed by atoms with Gasteiger partial charge in [-0.1, -0.05) is 29.4 Å². The summed E-state index contributed by atoms with van der Waals surface area (Å²) >= 11 is 0. The Morgan fingerprint density at radius 1 is 1.10 bits per heavy atom. The highest BCUT2D eigenvalue weighted by Gasteiger charge is 2.50. The monoisotopic (exact) mass is 926 g/mol. The van der Waals surface area contributed by atoms with Crippen LogP contribution in [0.1, 0.15) is 37.3 Å². The molecule has 12 N–H and O–H groups in total. The average molecular weight is 927 g/mol. The number of nitrogens with one attached hydrogen (secondary N) is 1. The number of aliphatic hydroxyl groups excluding tert-OH is 1. The quantitative estimate of drug-likeness (QED) is 0.0147. The minimum atomic E-state index is -5.19. The molecule has 0 radical (unpaired) electrons. The molecule has 1 aromatic carbocycles. The molecule has 0 aliphatic carbocycles. The van der Waals surface area contributed by atoms with Gasteiger partial charge in [0.25, 0.3) is 0 Å². The Bertz CT molecular complexity index is 2400. The molecule has 2 aliphatic rings. The molecule has 5 heterocycles. The number of benzene rings is 1. The summed E-state index contributed by atoms with van der Waals surface area (Å²) in [5, 5.41) is 17.5. The lowest BCUT2D eigenvalue weighted by atomic mass is 10.1. The molecule has 63 heavy (non-hydrogen) atoms. The lowest BCUT2D eigenvalue weighted by molar-refractivity contribution is -0.158. The summed E-state index contributed by atoms with van der Waals surface area (Å²) in [6, 6.07) is 6.33. The zero-order valence-electron chi connectivity index (χ0n) is 32.6. The highest BCUT2D eigenvalue weighted by atomic mass is 31.2. The van der Waals surface area contributed by atoms with Crippen molar-refractivity contribution < 1.29 is 71.4 Å². The number of amides is 1. The molecule has 4 aromatic rings. The van der Waals surface area contributed by atoms with Gasteiger partial charge in [-0.05, 0) is 30.0 Å². The maximum atomic E-state index is 13.4. The first-order valence-electron chi connectivity index (χ1n) is 18.6. The second-order valence-corrected chi connectivity index (χ2v) is 16.5. The number of carbonyl (C=O) groups excluding carboxylic acids is 2. The van der Waals surface area contributed by atoms with Gasteiger partial charge in [-0.15, -0.1) is 0 Å². The Balaban J connectivity index is 1.09. The molecule has 0 bridgehead atoms. The molecule has 6 rings (SSSR count). The number of aliphatic hydroxyl groups is 1. The number of hydrogen-bond acceptors (Lipinski definition) is 23. The smallest absolute Gasteiger partial charge is 0.455 e. The summed E-state index contributed by atoms with van der Waals surface area (Å²) in [6.45, 7) is -1.70. The molecule has 29 nitrogen and oxygen atoms in total. The molecule has 2 saturated heterocycles. The van der Waals surface area contributed by atoms with Crippen molar-refractivity contribution in [3.63, 3.8) is 0 Å². The zero-order chi connectivity index (χ0) is 45.5. The molecule has 2 fully saturated rings. The van der Waals surface area contributed by atoms with Crippen molar-refractivity contribution in [2.24, 2.45) is 10.8 Å². The van der Waals surface area contributed by atoms with Gasteiger partial charge in [0.15, 0.2) is 23.8 Å². The van der Waals surface area contributed by atoms with Gasteiger partial charge >= 0.3 is 33.7 Å². The number of anilines is 2. The fourth-order valence-electron chi connectivity index (χ4n) is 6.37. The van der Waals surface area contributed by atoms with Crippen LogP contribution in [0.25, 0.3) is 21.6 Å². The van der Waals surface area contributed by atoms with Crippen LogP contribution < -0.4 is 28.2 Å². The van der Waals surface area contributed by atoms with E-state index in [-0.39, 0.29) is 55.2 Å². The molecule has 340 valence electrons. The van der Waals surface area contributed by atoms with Crippen molar-refractivity contribution in [2.75, 3.05) is 31.2 Å². The Labute approximate surface area is 354 Å². The molecular weight excluding hydrogens is 884 g/mol. The SMILES string of the molecule is [N-]=[N+]=Nc1ccc(COC(=O)NCCC[C@H](N)C(=O)O[C@H]2[C@@H](O)[C@H](n3cnc4c(N)ncnc43)O[C@@H]2COP(=O)(O)O[C@H]2C[C@H](n3ccc(N)nc3=O)O[C@@H]2CO[P+](O)(O)O)cc1. The second-order valence-electron chi connectivity index (χ2n) is 13.8. The van der Waals surface area contributed by atoms with E-state index in [4.69, 9.17) is 50.7 Å². The summed E-state index contributed by atoms with van der Waals surface area (Å²) in [6.07, 6.45) is -7.61. The summed E-state index contributed by atoms with van der Waals surface area (Å²) < 4.78 is 53.4. The minimum Gasteiger partial charge on any atom is -0.455 e. The maximum Gasteiger partial charge on any atom is 0.567 e. The molecule has 0 saturated carbocycles. The number of ether oxygens (including phenoxy) is 4. The average Bonchev–Trinajstić information content (AvgIpc) is 3.92. The Hall–Kier alpha value is -5.48. The first-order valence-corrected chi connectivity index (χ1v) is 21.6. The van der Waals surface area contributed by atoms with Gasteiger partial charge in [-0.3, -0.25) is 23.0 Å². The largest absolute Gasteiger partial charge is 0.567 e. The molecular formula is C32H42N13O16P2+. The number of rotatable bonds is 19. The third-order valence-electron chi connectivity index (χ3n) is 9.38. The van der Waals surface area contributed by atoms with Gasteiger partial charge in [0.1, 0.15) is 67.6 Å². The minimum absolute atomic E-state index is 0.00304. The highest BCUT2D eigenvalue weighted by molar-refractivity contribution is 7.53. The molecule has 1 unspecified atom stereocenters. The lowest BCUT2D eigenvalue weighted by Gasteiger charge is -2.24. The number of alkyl carbamates (subject to hydrolysis) is 1. The van der Waals surface area contributed by atoms with E-state index in [0.717, 1.165) is 10.9 Å². The Morgan fingerprint density at radius 2 is 1.86 bits per heavy atom. The number of carbonyl (C=O) groups is 2. The van der Waals surface area contributed by atoms with Crippen LogP contribution in [-0.4, -0.2) is 122 Å². The first kappa shape index (κ1) is 47.0. The lowest BCUT2D eigenvalue weighted by Crippen LogP contribution is -2.43. The van der Waals surface area contributed by atoms with E-state index in [1.54, 1.807) is 24.3 Å². The van der Waals surface area contributed by atoms with Crippen LogP contribution in [-0.2, 0) is 48.5 Å². The van der Waals surface area contributed by atoms with E-state index in [1.165, 1.54) is 23.2 Å². The van der Waals surface area contributed by atoms with Crippen LogP contribution in [0.15, 0.2) is 59.1 Å². The van der Waals surface area contributed by atoms with Crippen molar-refractivity contribution in [2.45, 2.75) is 74.9 Å². The van der Waals surface area contributed by atoms with Crippen molar-refractivity contribution >= 4 is 56.5 Å². The summed E-state index contributed by atoms with van der Waals surface area (Å²) in [5.41, 5.74) is 26.5. The van der Waals surface area contributed by atoms with Crippen molar-refractivity contribution in [3.05, 3.63) is 75.7 Å². The predicted molar refractivity (Wildman–Crippen MR) is 212 cm³/mol. The summed E-state index contributed by atoms with van der Waals surface area (Å²) in [4.78, 5) is 95.5. The standard InChI is InChI=1S/C32H41N13O16P2/c33-18(2-1-8-37-32(49)55-11-16-3-5-17(6-4-16)42-43-36)30(47)60-26-21(59-29(25(26)46)45-15-40-24-27(35)38-14-39-28(24)45)13-57-63(53,54)61-19-10-23(44-9-7-22(34)41-31(44)48)58-20(19)12-56-62(50,51)52/h3-7,9,14-15,18-21,23,25-26,29,46,50-52H,1-2,8,10-13,33H2,(H5-,34,35,37,38,39,41,48,49,53,54)/p+1/t18-,19-,20+,21+,23+,25+,26+,29+/m0/s1. The molecule has 2 aliphatic heterocycles. The van der Waals surface area contributed by atoms with Gasteiger partial charge in [0.05, 0.1) is 12.9 Å². The number of fused-ring (bicyclic) bond motifs is 1. The van der Waals surface area contributed by atoms with Crippen LogP contribution >= 0.6 is 16.0 Å². The number of nitrogens with zero attached hydrogens (tertiary/aromatic N) is 9. The number of phosphoric acid groups is 1. The number of aromatic nitrogens is 6. The first-order chi connectivity index (χ1) is 29.9. The number of nitrogens with two attached hydrogens (primary N) is 3. The molecule has 0 spiro atoms. The van der Waals surface area contributed by atoms with Crippen LogP contribution in [0.3, 0.4) is 0 Å². The topological polar surface area (TPSA) is 434 Å². The van der Waals surface area contributed by atoms with Crippen LogP contribution in [0.5, 0.6) is 0 Å². The fourth-order valence-corrected chi connectivity index (χ4v) is 7.67. The molecule has 1 amide bonds. The van der Waals surface area contributed by atoms with Crippen LogP contribution in [0.2, 0.25) is 0 Å². The van der Waals surface area contributed by atoms with E-state index in [0.29, 0.717) is 11.3 Å². The normalized spacial score (nSPS) is 23.7. The summed E-state index contributed by atoms with van der Waals surface area (Å²) in [7, 11) is -10.0. The van der Waals surface area contributed by atoms with Gasteiger partial charge in [-0.2, -0.15) is 24.2 Å². The predicted octanol–water partition coefficient (Wildman–Crippen LogP) is -0.146. The summed E-state index contributed by atoms with van der Waals surface area (Å²) in [5.74, 6) is -1.12. The van der Waals surface area contributed by atoms with Crippen LogP contribution in [0.4, 0.5) is 22.1 Å². The van der Waals surface area contributed by atoms with Crippen molar-refractivity contribution in [3.8, 4) is 0 Å². The second kappa shape index (κ2) is 20.4. The number of azide groups is 1. The third-order valence-corrected chi connectivity index (χ3v) is 10.9. The Morgan fingerprint density at radius 3 is 2.57 bits per heavy atom. The van der Waals surface area contributed by atoms with E-state index in [2.05, 4.69) is 39.8 Å². The zero-order valence-corrected chi connectivity index (χ0v) is 34.4. The van der Waals surface area contributed by atoms with E-state index < -0.39 is 96.0 Å². The number of hydrogen-bond donors (Lipinski definition) is 9. The Kier molecular flexibility index (Phi) is 15.2. The molecule has 9 atom stereocenters. The van der Waals surface area contributed by atoms with E-state index in [9.17, 15) is 43.6 Å². The number of nitrogen functional groups attached to an aromatic ring is 2. The fraction of sp³-hybridized carbons (Fsp3) is 0.469. The van der Waals surface area contributed by atoms with Gasteiger partial charge in [0.2, 0.25) is 0 Å².